The zero-order chi connectivity index (χ0) is 17.2. The summed E-state index contributed by atoms with van der Waals surface area (Å²) in [7, 11) is 0. The van der Waals surface area contributed by atoms with Crippen LogP contribution in [-0.4, -0.2) is 30.6 Å². The summed E-state index contributed by atoms with van der Waals surface area (Å²) in [6.07, 6.45) is 18.7. The largest absolute Gasteiger partial charge is 0.393 e. The summed E-state index contributed by atoms with van der Waals surface area (Å²) in [5, 5.41) is 8.76. The highest BCUT2D eigenvalue weighted by atomic mass is 19.1. The average Bonchev–Trinajstić information content (AvgIpc) is 2.54. The molecule has 1 atom stereocenters. The number of hydrogen-bond donors (Lipinski definition) is 1. The van der Waals surface area contributed by atoms with Gasteiger partial charge in [-0.1, -0.05) is 90.4 Å². The molecule has 0 aliphatic carbocycles. The Morgan fingerprint density at radius 2 is 1.13 bits per heavy atom. The molecule has 0 unspecified atom stereocenters. The van der Waals surface area contributed by atoms with Crippen LogP contribution in [0.2, 0.25) is 0 Å². The molecule has 0 aliphatic heterocycles. The molecule has 0 aromatic heterocycles. The summed E-state index contributed by atoms with van der Waals surface area (Å²) in [5.41, 5.74) is -1.59. The molecule has 2 nitrogen and oxygen atoms in total. The van der Waals surface area contributed by atoms with Gasteiger partial charge < -0.3 is 9.84 Å². The quantitative estimate of drug-likeness (QED) is 0.303. The van der Waals surface area contributed by atoms with Crippen molar-refractivity contribution >= 4 is 0 Å². The molecule has 140 valence electrons. The highest BCUT2D eigenvalue weighted by molar-refractivity contribution is 4.70. The summed E-state index contributed by atoms with van der Waals surface area (Å²) in [4.78, 5) is 0. The van der Waals surface area contributed by atoms with E-state index in [4.69, 9.17) is 9.84 Å². The summed E-state index contributed by atoms with van der Waals surface area (Å²) >= 11 is 0. The lowest BCUT2D eigenvalue weighted by atomic mass is 10.0. The summed E-state index contributed by atoms with van der Waals surface area (Å²) < 4.78 is 18.6. The summed E-state index contributed by atoms with van der Waals surface area (Å²) in [5.74, 6) is 0. The molecule has 0 fully saturated rings. The van der Waals surface area contributed by atoms with Crippen LogP contribution in [0.3, 0.4) is 0 Å². The predicted molar refractivity (Wildman–Crippen MR) is 97.7 cm³/mol. The first-order chi connectivity index (χ1) is 11.1. The van der Waals surface area contributed by atoms with Gasteiger partial charge in [0.25, 0.3) is 0 Å². The van der Waals surface area contributed by atoms with E-state index in [0.29, 0.717) is 6.61 Å². The van der Waals surface area contributed by atoms with Crippen LogP contribution in [0.25, 0.3) is 0 Å². The standard InChI is InChI=1S/C20H41FO2/c1-3-4-5-6-7-8-9-10-11-12-13-14-15-16-17-23-19-20(2,21)18-22/h22H,3-19H2,1-2H3/t20-/m0/s1. The summed E-state index contributed by atoms with van der Waals surface area (Å²) in [6, 6.07) is 0. The number of halogens is 1. The molecular weight excluding hydrogens is 291 g/mol. The highest BCUT2D eigenvalue weighted by Gasteiger charge is 2.21. The van der Waals surface area contributed by atoms with Crippen molar-refractivity contribution in [2.75, 3.05) is 19.8 Å². The fraction of sp³-hybridized carbons (Fsp3) is 1.00. The predicted octanol–water partition coefficient (Wildman–Crippen LogP) is 6.20. The van der Waals surface area contributed by atoms with Crippen molar-refractivity contribution in [3.05, 3.63) is 0 Å². The van der Waals surface area contributed by atoms with Gasteiger partial charge in [0.1, 0.15) is 0 Å². The highest BCUT2D eigenvalue weighted by Crippen LogP contribution is 2.13. The first-order valence-corrected chi connectivity index (χ1v) is 10.00. The lowest BCUT2D eigenvalue weighted by Crippen LogP contribution is -2.29. The Kier molecular flexibility index (Phi) is 16.6. The first-order valence-electron chi connectivity index (χ1n) is 10.00. The number of ether oxygens (including phenoxy) is 1. The second kappa shape index (κ2) is 16.7. The molecule has 0 aromatic rings. The lowest BCUT2D eigenvalue weighted by molar-refractivity contribution is -0.00941. The molecular formula is C20H41FO2. The minimum absolute atomic E-state index is 0.00193. The monoisotopic (exact) mass is 332 g/mol. The Balaban J connectivity index is 3.05. The molecule has 0 amide bonds. The van der Waals surface area contributed by atoms with Crippen molar-refractivity contribution in [3.8, 4) is 0 Å². The zero-order valence-corrected chi connectivity index (χ0v) is 15.8. The minimum atomic E-state index is -1.59. The third-order valence-electron chi connectivity index (χ3n) is 4.37. The van der Waals surface area contributed by atoms with Crippen LogP contribution in [-0.2, 0) is 4.74 Å². The number of aliphatic hydroxyl groups excluding tert-OH is 1. The normalized spacial score (nSPS) is 14.1. The van der Waals surface area contributed by atoms with E-state index < -0.39 is 12.3 Å². The van der Waals surface area contributed by atoms with Gasteiger partial charge >= 0.3 is 0 Å². The maximum absolute atomic E-state index is 13.3. The van der Waals surface area contributed by atoms with Gasteiger partial charge in [-0.2, -0.15) is 0 Å². The van der Waals surface area contributed by atoms with Crippen LogP contribution in [0.4, 0.5) is 4.39 Å². The Bertz CT molecular complexity index is 232. The zero-order valence-electron chi connectivity index (χ0n) is 15.8. The molecule has 0 aliphatic rings. The van der Waals surface area contributed by atoms with Gasteiger partial charge in [0.15, 0.2) is 5.67 Å². The molecule has 0 aromatic carbocycles. The van der Waals surface area contributed by atoms with Gasteiger partial charge in [0.2, 0.25) is 0 Å². The fourth-order valence-electron chi connectivity index (χ4n) is 2.73. The van der Waals surface area contributed by atoms with Gasteiger partial charge in [-0.25, -0.2) is 4.39 Å². The molecule has 23 heavy (non-hydrogen) atoms. The number of aliphatic hydroxyl groups is 1. The molecule has 0 heterocycles. The number of alkyl halides is 1. The van der Waals surface area contributed by atoms with E-state index in [9.17, 15) is 4.39 Å². The molecule has 0 spiro atoms. The van der Waals surface area contributed by atoms with Crippen LogP contribution >= 0.6 is 0 Å². The third-order valence-corrected chi connectivity index (χ3v) is 4.37. The molecule has 0 saturated heterocycles. The minimum Gasteiger partial charge on any atom is -0.393 e. The van der Waals surface area contributed by atoms with Crippen LogP contribution in [0, 0.1) is 0 Å². The van der Waals surface area contributed by atoms with Crippen LogP contribution in [0.5, 0.6) is 0 Å². The van der Waals surface area contributed by atoms with Gasteiger partial charge in [0.05, 0.1) is 13.2 Å². The lowest BCUT2D eigenvalue weighted by Gasteiger charge is -2.16. The van der Waals surface area contributed by atoms with E-state index in [1.807, 2.05) is 0 Å². The van der Waals surface area contributed by atoms with Gasteiger partial charge in [-0.15, -0.1) is 0 Å². The van der Waals surface area contributed by atoms with Crippen molar-refractivity contribution in [2.24, 2.45) is 0 Å². The topological polar surface area (TPSA) is 29.5 Å². The first kappa shape index (κ1) is 22.9. The maximum Gasteiger partial charge on any atom is 0.154 e. The van der Waals surface area contributed by atoms with Crippen LogP contribution < -0.4 is 0 Å². The van der Waals surface area contributed by atoms with Crippen molar-refractivity contribution < 1.29 is 14.2 Å². The average molecular weight is 333 g/mol. The summed E-state index contributed by atoms with van der Waals surface area (Å²) in [6.45, 7) is 3.79. The van der Waals surface area contributed by atoms with E-state index in [2.05, 4.69) is 6.92 Å². The fourth-order valence-corrected chi connectivity index (χ4v) is 2.73. The Morgan fingerprint density at radius 1 is 0.739 bits per heavy atom. The van der Waals surface area contributed by atoms with Crippen LogP contribution in [0.15, 0.2) is 0 Å². The van der Waals surface area contributed by atoms with Crippen molar-refractivity contribution in [1.82, 2.24) is 0 Å². The van der Waals surface area contributed by atoms with Crippen molar-refractivity contribution in [1.29, 1.82) is 0 Å². The molecule has 0 saturated carbocycles. The van der Waals surface area contributed by atoms with E-state index in [0.717, 1.165) is 6.42 Å². The number of rotatable bonds is 18. The van der Waals surface area contributed by atoms with Crippen molar-refractivity contribution in [3.63, 3.8) is 0 Å². The molecule has 0 rings (SSSR count). The SMILES string of the molecule is CCCCCCCCCCCCCCCCOC[C@@](C)(F)CO. The van der Waals surface area contributed by atoms with Gasteiger partial charge in [-0.05, 0) is 13.3 Å². The molecule has 0 bridgehead atoms. The number of hydrogen-bond acceptors (Lipinski definition) is 2. The van der Waals surface area contributed by atoms with Crippen LogP contribution in [0.1, 0.15) is 104 Å². The van der Waals surface area contributed by atoms with Gasteiger partial charge in [-0.3, -0.25) is 0 Å². The van der Waals surface area contributed by atoms with E-state index >= 15 is 0 Å². The van der Waals surface area contributed by atoms with Gasteiger partial charge in [0, 0.05) is 6.61 Å². The third kappa shape index (κ3) is 18.0. The van der Waals surface area contributed by atoms with E-state index in [1.54, 1.807) is 0 Å². The van der Waals surface area contributed by atoms with E-state index in [1.165, 1.54) is 90.4 Å². The second-order valence-corrected chi connectivity index (χ2v) is 7.22. The Labute approximate surface area is 144 Å². The van der Waals surface area contributed by atoms with E-state index in [-0.39, 0.29) is 6.61 Å². The smallest absolute Gasteiger partial charge is 0.154 e. The Hall–Kier alpha value is -0.150. The molecule has 3 heteroatoms. The second-order valence-electron chi connectivity index (χ2n) is 7.22. The number of unbranched alkanes of at least 4 members (excludes halogenated alkanes) is 13. The van der Waals surface area contributed by atoms with Crippen molar-refractivity contribution in [2.45, 2.75) is 109 Å². The Morgan fingerprint density at radius 3 is 1.52 bits per heavy atom. The molecule has 1 N–H and O–H groups in total. The maximum atomic E-state index is 13.3. The molecule has 0 radical (unpaired) electrons.